The molecule has 0 aromatic heterocycles. The van der Waals surface area contributed by atoms with Crippen molar-refractivity contribution in [1.29, 1.82) is 0 Å². The molecule has 0 N–H and O–H groups in total. The SMILES string of the molecule is CCOC(=O)N1CCN([C@H](C)Cc2ccc(F)cc2)CC1. The van der Waals surface area contributed by atoms with Gasteiger partial charge in [-0.25, -0.2) is 9.18 Å². The number of rotatable bonds is 4. The average Bonchev–Trinajstić information content (AvgIpc) is 2.50. The number of benzene rings is 1. The second-order valence-electron chi connectivity index (χ2n) is 5.40. The zero-order chi connectivity index (χ0) is 15.2. The summed E-state index contributed by atoms with van der Waals surface area (Å²) in [5.41, 5.74) is 1.14. The molecule has 21 heavy (non-hydrogen) atoms. The van der Waals surface area contributed by atoms with Crippen LogP contribution in [0.4, 0.5) is 9.18 Å². The van der Waals surface area contributed by atoms with E-state index in [2.05, 4.69) is 11.8 Å². The summed E-state index contributed by atoms with van der Waals surface area (Å²) in [6.45, 7) is 7.50. The van der Waals surface area contributed by atoms with Crippen molar-refractivity contribution in [2.24, 2.45) is 0 Å². The minimum atomic E-state index is -0.219. The third-order valence-electron chi connectivity index (χ3n) is 3.91. The van der Waals surface area contributed by atoms with E-state index in [9.17, 15) is 9.18 Å². The van der Waals surface area contributed by atoms with Gasteiger partial charge < -0.3 is 9.64 Å². The molecule has 0 aliphatic carbocycles. The Bertz CT molecular complexity index is 456. The maximum atomic E-state index is 12.9. The first kappa shape index (κ1) is 15.8. The summed E-state index contributed by atoms with van der Waals surface area (Å²) < 4.78 is 17.9. The fourth-order valence-corrected chi connectivity index (χ4v) is 2.65. The third kappa shape index (κ3) is 4.43. The lowest BCUT2D eigenvalue weighted by atomic mass is 10.1. The standard InChI is InChI=1S/C16H23FN2O2/c1-3-21-16(20)19-10-8-18(9-11-19)13(2)12-14-4-6-15(17)7-5-14/h4-7,13H,3,8-12H2,1-2H3/t13-/m1/s1. The van der Waals surface area contributed by atoms with E-state index in [1.165, 1.54) is 12.1 Å². The van der Waals surface area contributed by atoms with Gasteiger partial charge in [0.1, 0.15) is 5.82 Å². The normalized spacial score (nSPS) is 17.6. The quantitative estimate of drug-likeness (QED) is 0.855. The minimum Gasteiger partial charge on any atom is -0.450 e. The molecule has 1 aromatic rings. The number of carbonyl (C=O) groups excluding carboxylic acids is 1. The van der Waals surface area contributed by atoms with Gasteiger partial charge >= 0.3 is 6.09 Å². The third-order valence-corrected chi connectivity index (χ3v) is 3.91. The molecule has 0 radical (unpaired) electrons. The predicted octanol–water partition coefficient (Wildman–Crippen LogP) is 2.53. The lowest BCUT2D eigenvalue weighted by Crippen LogP contribution is -2.51. The number of hydrogen-bond donors (Lipinski definition) is 0. The summed E-state index contributed by atoms with van der Waals surface area (Å²) in [6, 6.07) is 7.04. The number of ether oxygens (including phenoxy) is 1. The molecular formula is C16H23FN2O2. The molecule has 1 aromatic carbocycles. The first-order chi connectivity index (χ1) is 10.1. The zero-order valence-electron chi connectivity index (χ0n) is 12.7. The molecule has 0 bridgehead atoms. The fourth-order valence-electron chi connectivity index (χ4n) is 2.65. The van der Waals surface area contributed by atoms with Gasteiger partial charge in [-0.3, -0.25) is 4.90 Å². The average molecular weight is 294 g/mol. The van der Waals surface area contributed by atoms with Crippen LogP contribution in [0.15, 0.2) is 24.3 Å². The summed E-state index contributed by atoms with van der Waals surface area (Å²) in [4.78, 5) is 15.8. The highest BCUT2D eigenvalue weighted by atomic mass is 19.1. The van der Waals surface area contributed by atoms with E-state index >= 15 is 0 Å². The Balaban J connectivity index is 1.81. The Hall–Kier alpha value is -1.62. The van der Waals surface area contributed by atoms with Crippen LogP contribution in [0.25, 0.3) is 0 Å². The summed E-state index contributed by atoms with van der Waals surface area (Å²) in [7, 11) is 0. The van der Waals surface area contributed by atoms with Crippen LogP contribution in [0.3, 0.4) is 0 Å². The van der Waals surface area contributed by atoms with Crippen LogP contribution >= 0.6 is 0 Å². The Morgan fingerprint density at radius 2 is 1.86 bits per heavy atom. The molecule has 0 unspecified atom stereocenters. The summed E-state index contributed by atoms with van der Waals surface area (Å²) in [5, 5.41) is 0. The van der Waals surface area contributed by atoms with Crippen molar-refractivity contribution >= 4 is 6.09 Å². The Kier molecular flexibility index (Phi) is 5.56. The van der Waals surface area contributed by atoms with Crippen LogP contribution in [0.5, 0.6) is 0 Å². The minimum absolute atomic E-state index is 0.200. The topological polar surface area (TPSA) is 32.8 Å². The second-order valence-corrected chi connectivity index (χ2v) is 5.40. The predicted molar refractivity (Wildman–Crippen MR) is 79.7 cm³/mol. The molecule has 116 valence electrons. The molecule has 1 aliphatic rings. The van der Waals surface area contributed by atoms with Gasteiger partial charge in [-0.1, -0.05) is 12.1 Å². The Morgan fingerprint density at radius 1 is 1.24 bits per heavy atom. The molecule has 1 atom stereocenters. The molecule has 1 fully saturated rings. The van der Waals surface area contributed by atoms with Crippen LogP contribution in [0.2, 0.25) is 0 Å². The van der Waals surface area contributed by atoms with E-state index in [1.54, 1.807) is 4.90 Å². The molecule has 1 aliphatic heterocycles. The van der Waals surface area contributed by atoms with Gasteiger partial charge in [0.25, 0.3) is 0 Å². The summed E-state index contributed by atoms with van der Waals surface area (Å²) in [5.74, 6) is -0.200. The van der Waals surface area contributed by atoms with Crippen molar-refractivity contribution in [2.75, 3.05) is 32.8 Å². The zero-order valence-corrected chi connectivity index (χ0v) is 12.7. The van der Waals surface area contributed by atoms with E-state index in [0.717, 1.165) is 25.1 Å². The molecular weight excluding hydrogens is 271 g/mol. The van der Waals surface area contributed by atoms with E-state index in [-0.39, 0.29) is 11.9 Å². The summed E-state index contributed by atoms with van der Waals surface area (Å²) in [6.07, 6.45) is 0.669. The maximum Gasteiger partial charge on any atom is 0.409 e. The lowest BCUT2D eigenvalue weighted by Gasteiger charge is -2.37. The van der Waals surface area contributed by atoms with Gasteiger partial charge in [0.2, 0.25) is 0 Å². The molecule has 5 heteroatoms. The van der Waals surface area contributed by atoms with Gasteiger partial charge in [0.05, 0.1) is 6.61 Å². The van der Waals surface area contributed by atoms with Crippen LogP contribution in [-0.2, 0) is 11.2 Å². The van der Waals surface area contributed by atoms with Crippen molar-refractivity contribution < 1.29 is 13.9 Å². The first-order valence-electron chi connectivity index (χ1n) is 7.50. The smallest absolute Gasteiger partial charge is 0.409 e. The number of amides is 1. The maximum absolute atomic E-state index is 12.9. The second kappa shape index (κ2) is 7.41. The molecule has 4 nitrogen and oxygen atoms in total. The number of halogens is 1. The molecule has 1 saturated heterocycles. The fraction of sp³-hybridized carbons (Fsp3) is 0.562. The van der Waals surface area contributed by atoms with Crippen molar-refractivity contribution in [2.45, 2.75) is 26.3 Å². The van der Waals surface area contributed by atoms with Crippen molar-refractivity contribution in [3.63, 3.8) is 0 Å². The largest absolute Gasteiger partial charge is 0.450 e. The van der Waals surface area contributed by atoms with Crippen molar-refractivity contribution in [3.05, 3.63) is 35.6 Å². The van der Waals surface area contributed by atoms with E-state index < -0.39 is 0 Å². The van der Waals surface area contributed by atoms with E-state index in [1.807, 2.05) is 19.1 Å². The number of nitrogens with zero attached hydrogens (tertiary/aromatic N) is 2. The van der Waals surface area contributed by atoms with Crippen molar-refractivity contribution in [3.8, 4) is 0 Å². The van der Waals surface area contributed by atoms with Gasteiger partial charge in [0, 0.05) is 32.2 Å². The van der Waals surface area contributed by atoms with Crippen LogP contribution < -0.4 is 0 Å². The van der Waals surface area contributed by atoms with Gasteiger partial charge in [-0.15, -0.1) is 0 Å². The van der Waals surface area contributed by atoms with Crippen LogP contribution in [0, 0.1) is 5.82 Å². The van der Waals surface area contributed by atoms with Gasteiger partial charge in [0.15, 0.2) is 0 Å². The monoisotopic (exact) mass is 294 g/mol. The lowest BCUT2D eigenvalue weighted by molar-refractivity contribution is 0.0687. The highest BCUT2D eigenvalue weighted by molar-refractivity contribution is 5.67. The van der Waals surface area contributed by atoms with E-state index in [0.29, 0.717) is 25.7 Å². The van der Waals surface area contributed by atoms with Crippen LogP contribution in [-0.4, -0.2) is 54.7 Å². The summed E-state index contributed by atoms with van der Waals surface area (Å²) >= 11 is 0. The highest BCUT2D eigenvalue weighted by Gasteiger charge is 2.24. The molecule has 2 rings (SSSR count). The number of carbonyl (C=O) groups is 1. The molecule has 1 heterocycles. The van der Waals surface area contributed by atoms with Crippen molar-refractivity contribution in [1.82, 2.24) is 9.80 Å². The highest BCUT2D eigenvalue weighted by Crippen LogP contribution is 2.13. The van der Waals surface area contributed by atoms with Crippen LogP contribution in [0.1, 0.15) is 19.4 Å². The molecule has 0 spiro atoms. The Morgan fingerprint density at radius 3 is 2.43 bits per heavy atom. The number of hydrogen-bond acceptors (Lipinski definition) is 3. The van der Waals surface area contributed by atoms with Gasteiger partial charge in [-0.2, -0.15) is 0 Å². The Labute approximate surface area is 125 Å². The molecule has 1 amide bonds. The first-order valence-corrected chi connectivity index (χ1v) is 7.50. The van der Waals surface area contributed by atoms with E-state index in [4.69, 9.17) is 4.74 Å². The van der Waals surface area contributed by atoms with Gasteiger partial charge in [-0.05, 0) is 38.0 Å². The number of piperazine rings is 1. The molecule has 0 saturated carbocycles.